The van der Waals surface area contributed by atoms with Crippen LogP contribution in [0.1, 0.15) is 43.9 Å². The number of aromatic nitrogens is 1. The molecule has 2 aliphatic rings. The molecule has 4 heteroatoms. The number of piperazine rings is 1. The molecule has 0 radical (unpaired) electrons. The van der Waals surface area contributed by atoms with Crippen molar-refractivity contribution in [3.8, 4) is 6.07 Å². The van der Waals surface area contributed by atoms with Crippen LogP contribution in [0.4, 0.5) is 5.82 Å². The average Bonchev–Trinajstić information content (AvgIpc) is 3.31. The lowest BCUT2D eigenvalue weighted by molar-refractivity contribution is 0.247. The summed E-state index contributed by atoms with van der Waals surface area (Å²) in [6, 6.07) is 6.20. The highest BCUT2D eigenvalue weighted by atomic mass is 15.3. The summed E-state index contributed by atoms with van der Waals surface area (Å²) in [6.07, 6.45) is 2.83. The normalized spacial score (nSPS) is 19.8. The summed E-state index contributed by atoms with van der Waals surface area (Å²) >= 11 is 0. The van der Waals surface area contributed by atoms with Crippen LogP contribution in [-0.2, 0) is 0 Å². The zero-order chi connectivity index (χ0) is 14.8. The third-order valence-electron chi connectivity index (χ3n) is 4.49. The quantitative estimate of drug-likeness (QED) is 0.852. The second kappa shape index (κ2) is 6.03. The van der Waals surface area contributed by atoms with E-state index in [1.54, 1.807) is 0 Å². The van der Waals surface area contributed by atoms with Crippen LogP contribution < -0.4 is 4.90 Å². The van der Waals surface area contributed by atoms with Gasteiger partial charge in [-0.15, -0.1) is 0 Å². The summed E-state index contributed by atoms with van der Waals surface area (Å²) < 4.78 is 0. The summed E-state index contributed by atoms with van der Waals surface area (Å²) in [7, 11) is 0. The van der Waals surface area contributed by atoms with Crippen molar-refractivity contribution >= 4 is 5.82 Å². The van der Waals surface area contributed by atoms with Crippen molar-refractivity contribution in [2.45, 2.75) is 32.6 Å². The van der Waals surface area contributed by atoms with Gasteiger partial charge in [-0.3, -0.25) is 4.90 Å². The molecule has 2 heterocycles. The molecule has 3 rings (SSSR count). The SMILES string of the molecule is CC(C)c1ccc(C#N)c(N2CCN(CC3CC3)CC2)n1. The third kappa shape index (κ3) is 3.36. The van der Waals surface area contributed by atoms with E-state index in [9.17, 15) is 5.26 Å². The molecule has 4 nitrogen and oxygen atoms in total. The van der Waals surface area contributed by atoms with Gasteiger partial charge in [0, 0.05) is 38.4 Å². The highest BCUT2D eigenvalue weighted by Crippen LogP contribution is 2.30. The average molecular weight is 284 g/mol. The van der Waals surface area contributed by atoms with E-state index in [2.05, 4.69) is 29.7 Å². The summed E-state index contributed by atoms with van der Waals surface area (Å²) in [4.78, 5) is 9.60. The second-order valence-electron chi connectivity index (χ2n) is 6.60. The van der Waals surface area contributed by atoms with Crippen molar-refractivity contribution in [1.82, 2.24) is 9.88 Å². The lowest BCUT2D eigenvalue weighted by Crippen LogP contribution is -2.47. The van der Waals surface area contributed by atoms with Gasteiger partial charge in [-0.05, 0) is 36.8 Å². The Morgan fingerprint density at radius 3 is 2.52 bits per heavy atom. The molecule has 21 heavy (non-hydrogen) atoms. The maximum absolute atomic E-state index is 9.33. The molecule has 0 spiro atoms. The molecule has 1 saturated heterocycles. The summed E-state index contributed by atoms with van der Waals surface area (Å²) in [6.45, 7) is 9.70. The lowest BCUT2D eigenvalue weighted by Gasteiger charge is -2.36. The predicted octanol–water partition coefficient (Wildman–Crippen LogP) is 2.61. The number of nitrogens with zero attached hydrogens (tertiary/aromatic N) is 4. The van der Waals surface area contributed by atoms with Gasteiger partial charge >= 0.3 is 0 Å². The fourth-order valence-electron chi connectivity index (χ4n) is 2.92. The monoisotopic (exact) mass is 284 g/mol. The number of hydrogen-bond acceptors (Lipinski definition) is 4. The number of hydrogen-bond donors (Lipinski definition) is 0. The van der Waals surface area contributed by atoms with Crippen molar-refractivity contribution in [2.24, 2.45) is 5.92 Å². The zero-order valence-corrected chi connectivity index (χ0v) is 13.0. The van der Waals surface area contributed by atoms with E-state index in [0.717, 1.165) is 43.6 Å². The van der Waals surface area contributed by atoms with Gasteiger partial charge in [-0.1, -0.05) is 13.8 Å². The Morgan fingerprint density at radius 1 is 1.24 bits per heavy atom. The van der Waals surface area contributed by atoms with E-state index in [-0.39, 0.29) is 0 Å². The van der Waals surface area contributed by atoms with Crippen molar-refractivity contribution in [3.05, 3.63) is 23.4 Å². The first-order valence-electron chi connectivity index (χ1n) is 8.05. The van der Waals surface area contributed by atoms with Crippen molar-refractivity contribution in [3.63, 3.8) is 0 Å². The van der Waals surface area contributed by atoms with E-state index in [4.69, 9.17) is 4.98 Å². The molecule has 1 aromatic rings. The van der Waals surface area contributed by atoms with E-state index < -0.39 is 0 Å². The van der Waals surface area contributed by atoms with Gasteiger partial charge in [0.25, 0.3) is 0 Å². The van der Waals surface area contributed by atoms with Crippen LogP contribution in [0, 0.1) is 17.2 Å². The van der Waals surface area contributed by atoms with Crippen LogP contribution in [0.25, 0.3) is 0 Å². The maximum atomic E-state index is 9.33. The van der Waals surface area contributed by atoms with Crippen molar-refractivity contribution < 1.29 is 0 Å². The molecule has 0 unspecified atom stereocenters. The Hall–Kier alpha value is -1.60. The second-order valence-corrected chi connectivity index (χ2v) is 6.60. The van der Waals surface area contributed by atoms with E-state index in [1.165, 1.54) is 19.4 Å². The predicted molar refractivity (Wildman–Crippen MR) is 84.4 cm³/mol. The number of nitriles is 1. The number of anilines is 1. The van der Waals surface area contributed by atoms with Crippen LogP contribution in [0.3, 0.4) is 0 Å². The summed E-state index contributed by atoms with van der Waals surface area (Å²) in [5.74, 6) is 2.23. The van der Waals surface area contributed by atoms with Gasteiger partial charge in [-0.2, -0.15) is 5.26 Å². The Bertz CT molecular complexity index is 534. The van der Waals surface area contributed by atoms with Crippen LogP contribution in [-0.4, -0.2) is 42.6 Å². The fraction of sp³-hybridized carbons (Fsp3) is 0.647. The highest BCUT2D eigenvalue weighted by molar-refractivity contribution is 5.55. The molecule has 0 aromatic carbocycles. The van der Waals surface area contributed by atoms with E-state index in [0.29, 0.717) is 11.5 Å². The van der Waals surface area contributed by atoms with Crippen LogP contribution in [0.15, 0.2) is 12.1 Å². The highest BCUT2D eigenvalue weighted by Gasteiger charge is 2.27. The van der Waals surface area contributed by atoms with Crippen molar-refractivity contribution in [1.29, 1.82) is 5.26 Å². The van der Waals surface area contributed by atoms with Gasteiger partial charge < -0.3 is 4.90 Å². The molecule has 0 bridgehead atoms. The van der Waals surface area contributed by atoms with Crippen LogP contribution in [0.2, 0.25) is 0 Å². The molecular formula is C17H24N4. The van der Waals surface area contributed by atoms with E-state index in [1.807, 2.05) is 12.1 Å². The topological polar surface area (TPSA) is 43.2 Å². The minimum atomic E-state index is 0.396. The van der Waals surface area contributed by atoms with Gasteiger partial charge in [0.15, 0.2) is 0 Å². The molecule has 112 valence electrons. The minimum Gasteiger partial charge on any atom is -0.353 e. The van der Waals surface area contributed by atoms with Gasteiger partial charge in [0.2, 0.25) is 0 Å². The first kappa shape index (κ1) is 14.3. The fourth-order valence-corrected chi connectivity index (χ4v) is 2.92. The van der Waals surface area contributed by atoms with Crippen LogP contribution >= 0.6 is 0 Å². The largest absolute Gasteiger partial charge is 0.353 e. The Morgan fingerprint density at radius 2 is 1.95 bits per heavy atom. The number of pyridine rings is 1. The van der Waals surface area contributed by atoms with Gasteiger partial charge in [0.1, 0.15) is 11.9 Å². The third-order valence-corrected chi connectivity index (χ3v) is 4.49. The van der Waals surface area contributed by atoms with Crippen molar-refractivity contribution in [2.75, 3.05) is 37.6 Å². The molecule has 0 amide bonds. The smallest absolute Gasteiger partial charge is 0.146 e. The molecule has 1 saturated carbocycles. The zero-order valence-electron chi connectivity index (χ0n) is 13.0. The molecule has 0 atom stereocenters. The van der Waals surface area contributed by atoms with Gasteiger partial charge in [0.05, 0.1) is 5.56 Å². The maximum Gasteiger partial charge on any atom is 0.146 e. The van der Waals surface area contributed by atoms with Gasteiger partial charge in [-0.25, -0.2) is 4.98 Å². The van der Waals surface area contributed by atoms with Crippen LogP contribution in [0.5, 0.6) is 0 Å². The molecule has 0 N–H and O–H groups in total. The molecular weight excluding hydrogens is 260 g/mol. The number of rotatable bonds is 4. The van der Waals surface area contributed by atoms with E-state index >= 15 is 0 Å². The Kier molecular flexibility index (Phi) is 4.12. The molecule has 2 fully saturated rings. The Balaban J connectivity index is 1.71. The summed E-state index contributed by atoms with van der Waals surface area (Å²) in [5, 5.41) is 9.33. The first-order valence-corrected chi connectivity index (χ1v) is 8.05. The lowest BCUT2D eigenvalue weighted by atomic mass is 10.1. The summed E-state index contributed by atoms with van der Waals surface area (Å²) in [5.41, 5.74) is 1.78. The molecule has 1 aliphatic heterocycles. The molecule has 1 aliphatic carbocycles. The standard InChI is InChI=1S/C17H24N4/c1-13(2)16-6-5-15(11-18)17(19-16)21-9-7-20(8-10-21)12-14-3-4-14/h5-6,13-14H,3-4,7-10,12H2,1-2H3. The Labute approximate surface area is 127 Å². The molecule has 1 aromatic heterocycles. The minimum absolute atomic E-state index is 0.396. The first-order chi connectivity index (χ1) is 10.2.